The first-order chi connectivity index (χ1) is 13.1. The Morgan fingerprint density at radius 3 is 2.61 bits per heavy atom. The van der Waals surface area contributed by atoms with E-state index < -0.39 is 16.1 Å². The van der Waals surface area contributed by atoms with Gasteiger partial charge in [0.05, 0.1) is 24.5 Å². The Morgan fingerprint density at radius 1 is 1.25 bits per heavy atom. The maximum Gasteiger partial charge on any atom is 0.263 e. The summed E-state index contributed by atoms with van der Waals surface area (Å²) >= 11 is 6.00. The van der Waals surface area contributed by atoms with Crippen molar-refractivity contribution in [3.63, 3.8) is 0 Å². The second kappa shape index (κ2) is 7.64. The lowest BCUT2D eigenvalue weighted by molar-refractivity contribution is -0.128. The number of nitrogens with one attached hydrogen (secondary N) is 1. The third kappa shape index (κ3) is 4.25. The van der Waals surface area contributed by atoms with Gasteiger partial charge in [-0.3, -0.25) is 9.10 Å². The summed E-state index contributed by atoms with van der Waals surface area (Å²) in [5, 5.41) is 3.32. The van der Waals surface area contributed by atoms with Crippen molar-refractivity contribution in [2.75, 3.05) is 17.1 Å². The lowest BCUT2D eigenvalue weighted by atomic mass is 10.00. The molecule has 8 heteroatoms. The van der Waals surface area contributed by atoms with E-state index in [1.807, 2.05) is 32.9 Å². The van der Waals surface area contributed by atoms with Crippen LogP contribution in [0.25, 0.3) is 0 Å². The normalized spacial score (nSPS) is 17.5. The van der Waals surface area contributed by atoms with E-state index in [9.17, 15) is 13.2 Å². The molecule has 0 saturated heterocycles. The Kier molecular flexibility index (Phi) is 5.59. The first-order valence-corrected chi connectivity index (χ1v) is 11.1. The number of ether oxygens (including phenoxy) is 1. The minimum Gasteiger partial charge on any atom is -0.476 e. The van der Waals surface area contributed by atoms with Crippen molar-refractivity contribution in [1.29, 1.82) is 0 Å². The van der Waals surface area contributed by atoms with Gasteiger partial charge in [-0.05, 0) is 50.1 Å². The first kappa shape index (κ1) is 20.5. The molecule has 6 nitrogen and oxygen atoms in total. The van der Waals surface area contributed by atoms with Gasteiger partial charge in [0.1, 0.15) is 5.75 Å². The van der Waals surface area contributed by atoms with Gasteiger partial charge in [0.2, 0.25) is 10.0 Å². The van der Waals surface area contributed by atoms with E-state index in [1.54, 1.807) is 12.1 Å². The van der Waals surface area contributed by atoms with Gasteiger partial charge in [-0.15, -0.1) is 0 Å². The minimum absolute atomic E-state index is 0.113. The van der Waals surface area contributed by atoms with Crippen LogP contribution in [0.15, 0.2) is 36.4 Å². The van der Waals surface area contributed by atoms with Crippen molar-refractivity contribution in [1.82, 2.24) is 5.32 Å². The number of anilines is 1. The van der Waals surface area contributed by atoms with Crippen LogP contribution in [0, 0.1) is 13.8 Å². The third-order valence-electron chi connectivity index (χ3n) is 4.73. The van der Waals surface area contributed by atoms with Crippen LogP contribution in [-0.4, -0.2) is 33.2 Å². The highest BCUT2D eigenvalue weighted by molar-refractivity contribution is 7.92. The number of carbonyl (C=O) groups excluding carboxylic acids is 1. The molecule has 0 aliphatic carbocycles. The van der Waals surface area contributed by atoms with Gasteiger partial charge in [-0.25, -0.2) is 8.42 Å². The number of carbonyl (C=O) groups is 1. The number of fused-ring (bicyclic) bond motifs is 1. The molecule has 0 fully saturated rings. The molecule has 1 heterocycles. The number of aryl methyl sites for hydroxylation is 2. The number of benzene rings is 2. The number of hydrogen-bond donors (Lipinski definition) is 1. The fourth-order valence-electron chi connectivity index (χ4n) is 3.37. The van der Waals surface area contributed by atoms with Gasteiger partial charge < -0.3 is 10.1 Å². The summed E-state index contributed by atoms with van der Waals surface area (Å²) in [5.74, 6) is -0.0675. The predicted molar refractivity (Wildman–Crippen MR) is 111 cm³/mol. The van der Waals surface area contributed by atoms with Crippen LogP contribution in [0.2, 0.25) is 5.02 Å². The number of halogens is 1. The molecule has 0 bridgehead atoms. The number of amides is 1. The lowest BCUT2D eigenvalue weighted by Gasteiger charge is -2.34. The van der Waals surface area contributed by atoms with Gasteiger partial charge >= 0.3 is 0 Å². The van der Waals surface area contributed by atoms with Crippen LogP contribution in [0.4, 0.5) is 5.69 Å². The summed E-state index contributed by atoms with van der Waals surface area (Å²) in [6.07, 6.45) is 0.132. The quantitative estimate of drug-likeness (QED) is 0.819. The van der Waals surface area contributed by atoms with Crippen molar-refractivity contribution in [2.24, 2.45) is 0 Å². The van der Waals surface area contributed by atoms with Gasteiger partial charge in [-0.2, -0.15) is 0 Å². The largest absolute Gasteiger partial charge is 0.476 e. The molecule has 0 unspecified atom stereocenters. The Bertz CT molecular complexity index is 1020. The molecule has 1 amide bonds. The maximum absolute atomic E-state index is 12.8. The minimum atomic E-state index is -3.60. The molecule has 2 aromatic rings. The molecule has 150 valence electrons. The fraction of sp³-hybridized carbons (Fsp3) is 0.350. The van der Waals surface area contributed by atoms with E-state index in [0.717, 1.165) is 27.3 Å². The van der Waals surface area contributed by atoms with Gasteiger partial charge in [-0.1, -0.05) is 35.4 Å². The molecule has 0 spiro atoms. The zero-order valence-corrected chi connectivity index (χ0v) is 17.8. The van der Waals surface area contributed by atoms with E-state index in [-0.39, 0.29) is 18.5 Å². The van der Waals surface area contributed by atoms with Crippen LogP contribution in [0.1, 0.15) is 29.7 Å². The predicted octanol–water partition coefficient (Wildman–Crippen LogP) is 3.36. The zero-order valence-electron chi connectivity index (χ0n) is 16.2. The topological polar surface area (TPSA) is 75.7 Å². The van der Waals surface area contributed by atoms with Crippen LogP contribution >= 0.6 is 11.6 Å². The van der Waals surface area contributed by atoms with E-state index in [1.165, 1.54) is 6.07 Å². The van der Waals surface area contributed by atoms with Crippen molar-refractivity contribution >= 4 is 33.2 Å². The Labute approximate surface area is 170 Å². The number of hydrogen-bond acceptors (Lipinski definition) is 4. The van der Waals surface area contributed by atoms with Crippen LogP contribution in [-0.2, 0) is 14.8 Å². The maximum atomic E-state index is 12.8. The SMILES string of the molecule is Cc1ccc([C@@H](C)NC(=O)[C@H]2CN(S(C)(=O)=O)c3cc(Cl)ccc3O2)c(C)c1. The average Bonchev–Trinajstić information content (AvgIpc) is 2.59. The summed E-state index contributed by atoms with van der Waals surface area (Å²) in [4.78, 5) is 12.8. The molecule has 1 aliphatic rings. The number of sulfonamides is 1. The molecular weight excluding hydrogens is 400 g/mol. The molecule has 0 aromatic heterocycles. The van der Waals surface area contributed by atoms with Crippen LogP contribution in [0.5, 0.6) is 5.75 Å². The summed E-state index contributed by atoms with van der Waals surface area (Å²) in [5.41, 5.74) is 3.56. The molecule has 1 aliphatic heterocycles. The Balaban J connectivity index is 1.83. The van der Waals surface area contributed by atoms with Gasteiger partial charge in [0.25, 0.3) is 5.91 Å². The highest BCUT2D eigenvalue weighted by atomic mass is 35.5. The lowest BCUT2D eigenvalue weighted by Crippen LogP contribution is -2.50. The molecule has 2 aromatic carbocycles. The van der Waals surface area contributed by atoms with Crippen molar-refractivity contribution < 1.29 is 17.9 Å². The van der Waals surface area contributed by atoms with Gasteiger partial charge in [0, 0.05) is 5.02 Å². The smallest absolute Gasteiger partial charge is 0.263 e. The molecule has 28 heavy (non-hydrogen) atoms. The number of rotatable bonds is 4. The Hall–Kier alpha value is -2.25. The van der Waals surface area contributed by atoms with Crippen molar-refractivity contribution in [2.45, 2.75) is 32.9 Å². The third-order valence-corrected chi connectivity index (χ3v) is 6.12. The van der Waals surface area contributed by atoms with E-state index in [0.29, 0.717) is 16.5 Å². The standard InChI is InChI=1S/C20H23ClN2O4S/c1-12-5-7-16(13(2)9-12)14(3)22-20(24)19-11-23(28(4,25)26)17-10-15(21)6-8-18(17)27-19/h5-10,14,19H,11H2,1-4H3,(H,22,24)/t14-,19-/m1/s1. The zero-order chi connectivity index (χ0) is 20.6. The summed E-state index contributed by atoms with van der Waals surface area (Å²) in [6, 6.07) is 10.5. The molecule has 0 radical (unpaired) electrons. The fourth-order valence-corrected chi connectivity index (χ4v) is 4.44. The molecule has 0 saturated carbocycles. The van der Waals surface area contributed by atoms with Crippen molar-refractivity contribution in [3.8, 4) is 5.75 Å². The summed E-state index contributed by atoms with van der Waals surface area (Å²) in [6.45, 7) is 5.78. The van der Waals surface area contributed by atoms with Crippen LogP contribution in [0.3, 0.4) is 0 Å². The van der Waals surface area contributed by atoms with Crippen molar-refractivity contribution in [3.05, 3.63) is 58.1 Å². The Morgan fingerprint density at radius 2 is 1.96 bits per heavy atom. The monoisotopic (exact) mass is 422 g/mol. The first-order valence-electron chi connectivity index (χ1n) is 8.87. The van der Waals surface area contributed by atoms with Gasteiger partial charge in [0.15, 0.2) is 6.10 Å². The second-order valence-corrected chi connectivity index (χ2v) is 9.45. The highest BCUT2D eigenvalue weighted by Gasteiger charge is 2.35. The molecule has 2 atom stereocenters. The second-order valence-electron chi connectivity index (χ2n) is 7.10. The average molecular weight is 423 g/mol. The molecular formula is C20H23ClN2O4S. The number of nitrogens with zero attached hydrogens (tertiary/aromatic N) is 1. The summed E-state index contributed by atoms with van der Waals surface area (Å²) < 4.78 is 31.4. The summed E-state index contributed by atoms with van der Waals surface area (Å²) in [7, 11) is -3.60. The molecule has 1 N–H and O–H groups in total. The van der Waals surface area contributed by atoms with E-state index in [2.05, 4.69) is 11.4 Å². The van der Waals surface area contributed by atoms with E-state index >= 15 is 0 Å². The highest BCUT2D eigenvalue weighted by Crippen LogP contribution is 2.37. The van der Waals surface area contributed by atoms with E-state index in [4.69, 9.17) is 16.3 Å². The van der Waals surface area contributed by atoms with Crippen LogP contribution < -0.4 is 14.4 Å². The molecule has 3 rings (SSSR count).